The fraction of sp³-hybridized carbons (Fsp3) is 0.273. The molecule has 0 saturated heterocycles. The van der Waals surface area contributed by atoms with Gasteiger partial charge in [0, 0.05) is 23.5 Å². The average molecular weight is 379 g/mol. The van der Waals surface area contributed by atoms with Gasteiger partial charge in [-0.25, -0.2) is 5.48 Å². The first kappa shape index (κ1) is 19.6. The van der Waals surface area contributed by atoms with Crippen LogP contribution in [0.5, 0.6) is 0 Å². The predicted molar refractivity (Wildman–Crippen MR) is 108 cm³/mol. The minimum Gasteiger partial charge on any atom is -0.343 e. The van der Waals surface area contributed by atoms with Crippen molar-refractivity contribution in [2.45, 2.75) is 26.8 Å². The van der Waals surface area contributed by atoms with Crippen molar-refractivity contribution in [3.05, 3.63) is 71.4 Å². The zero-order chi connectivity index (χ0) is 20.5. The molecule has 0 radical (unpaired) electrons. The summed E-state index contributed by atoms with van der Waals surface area (Å²) in [6, 6.07) is 16.3. The maximum Gasteiger partial charge on any atom is 0.274 e. The quantitative estimate of drug-likeness (QED) is 0.476. The van der Waals surface area contributed by atoms with E-state index in [9.17, 15) is 9.59 Å². The Balaban J connectivity index is 1.91. The lowest BCUT2D eigenvalue weighted by Gasteiger charge is -2.32. The number of nitrogens with one attached hydrogen (secondary N) is 2. The standard InChI is InChI=1S/C22H25N3O3/c1-22(2,3)19(14-9-11-15(12-10-14)20(26)24-28)23-21(27)18-13-16-7-5-6-8-17(16)25(18)4/h5-13,19,28H,1-4H3,(H,23,27)(H,24,26)/t19-/m1/s1. The van der Waals surface area contributed by atoms with Gasteiger partial charge in [-0.2, -0.15) is 0 Å². The van der Waals surface area contributed by atoms with Crippen LogP contribution in [0.25, 0.3) is 10.9 Å². The van der Waals surface area contributed by atoms with Crippen LogP contribution in [0.1, 0.15) is 53.2 Å². The van der Waals surface area contributed by atoms with Crippen LogP contribution in [0.2, 0.25) is 0 Å². The highest BCUT2D eigenvalue weighted by atomic mass is 16.5. The number of hydrogen-bond donors (Lipinski definition) is 3. The monoisotopic (exact) mass is 379 g/mol. The van der Waals surface area contributed by atoms with Crippen molar-refractivity contribution in [3.63, 3.8) is 0 Å². The molecule has 6 nitrogen and oxygen atoms in total. The average Bonchev–Trinajstić information content (AvgIpc) is 3.01. The zero-order valence-electron chi connectivity index (χ0n) is 16.5. The van der Waals surface area contributed by atoms with Gasteiger partial charge in [-0.15, -0.1) is 0 Å². The molecular formula is C22H25N3O3. The topological polar surface area (TPSA) is 83.4 Å². The summed E-state index contributed by atoms with van der Waals surface area (Å²) in [4.78, 5) is 24.6. The molecule has 2 amide bonds. The Hall–Kier alpha value is -3.12. The predicted octanol–water partition coefficient (Wildman–Crippen LogP) is 3.81. The Morgan fingerprint density at radius 1 is 1.00 bits per heavy atom. The van der Waals surface area contributed by atoms with Gasteiger partial charge in [0.2, 0.25) is 0 Å². The van der Waals surface area contributed by atoms with Gasteiger partial charge < -0.3 is 9.88 Å². The molecule has 2 aromatic carbocycles. The lowest BCUT2D eigenvalue weighted by Crippen LogP contribution is -2.37. The summed E-state index contributed by atoms with van der Waals surface area (Å²) in [5, 5.41) is 12.9. The Bertz CT molecular complexity index is 1010. The summed E-state index contributed by atoms with van der Waals surface area (Å²) in [5.74, 6) is -0.728. The van der Waals surface area contributed by atoms with Crippen molar-refractivity contribution < 1.29 is 14.8 Å². The van der Waals surface area contributed by atoms with Gasteiger partial charge in [0.15, 0.2) is 0 Å². The summed E-state index contributed by atoms with van der Waals surface area (Å²) >= 11 is 0. The summed E-state index contributed by atoms with van der Waals surface area (Å²) < 4.78 is 1.89. The minimum absolute atomic E-state index is 0.157. The van der Waals surface area contributed by atoms with Crippen molar-refractivity contribution in [1.29, 1.82) is 0 Å². The number of benzene rings is 2. The molecular weight excluding hydrogens is 354 g/mol. The van der Waals surface area contributed by atoms with Gasteiger partial charge >= 0.3 is 0 Å². The van der Waals surface area contributed by atoms with E-state index in [-0.39, 0.29) is 17.4 Å². The Morgan fingerprint density at radius 3 is 2.21 bits per heavy atom. The molecule has 0 saturated carbocycles. The second kappa shape index (κ2) is 7.48. The number of carbonyl (C=O) groups is 2. The number of aryl methyl sites for hydroxylation is 1. The molecule has 3 rings (SSSR count). The first-order valence-electron chi connectivity index (χ1n) is 9.12. The Morgan fingerprint density at radius 2 is 1.64 bits per heavy atom. The van der Waals surface area contributed by atoms with E-state index in [1.807, 2.05) is 62.7 Å². The van der Waals surface area contributed by atoms with Crippen LogP contribution in [0.4, 0.5) is 0 Å². The molecule has 1 atom stereocenters. The van der Waals surface area contributed by atoms with Gasteiger partial charge in [0.25, 0.3) is 11.8 Å². The van der Waals surface area contributed by atoms with E-state index in [4.69, 9.17) is 5.21 Å². The number of para-hydroxylation sites is 1. The number of aromatic nitrogens is 1. The number of nitrogens with zero attached hydrogens (tertiary/aromatic N) is 1. The van der Waals surface area contributed by atoms with E-state index in [2.05, 4.69) is 5.32 Å². The van der Waals surface area contributed by atoms with Crippen LogP contribution in [0, 0.1) is 5.41 Å². The fourth-order valence-corrected chi connectivity index (χ4v) is 3.40. The molecule has 146 valence electrons. The number of amides is 2. The number of fused-ring (bicyclic) bond motifs is 1. The normalized spacial score (nSPS) is 12.6. The third-order valence-corrected chi connectivity index (χ3v) is 4.93. The number of hydroxylamine groups is 1. The second-order valence-corrected chi connectivity index (χ2v) is 7.98. The lowest BCUT2D eigenvalue weighted by molar-refractivity contribution is 0.0706. The lowest BCUT2D eigenvalue weighted by atomic mass is 9.82. The molecule has 0 fully saturated rings. The zero-order valence-corrected chi connectivity index (χ0v) is 16.5. The van der Waals surface area contributed by atoms with E-state index in [0.29, 0.717) is 11.3 Å². The highest BCUT2D eigenvalue weighted by molar-refractivity contribution is 5.99. The molecule has 0 spiro atoms. The maximum atomic E-state index is 13.1. The molecule has 0 aliphatic rings. The number of carbonyl (C=O) groups excluding carboxylic acids is 2. The van der Waals surface area contributed by atoms with Crippen LogP contribution in [0.15, 0.2) is 54.6 Å². The molecule has 0 bridgehead atoms. The SMILES string of the molecule is Cn1c(C(=O)N[C@H](c2ccc(C(=O)NO)cc2)C(C)(C)C)cc2ccccc21. The molecule has 28 heavy (non-hydrogen) atoms. The Labute approximate surface area is 164 Å². The van der Waals surface area contributed by atoms with Crippen LogP contribution >= 0.6 is 0 Å². The summed E-state index contributed by atoms with van der Waals surface area (Å²) in [7, 11) is 1.88. The highest BCUT2D eigenvalue weighted by Gasteiger charge is 2.29. The van der Waals surface area contributed by atoms with Crippen molar-refractivity contribution in [2.75, 3.05) is 0 Å². The maximum absolute atomic E-state index is 13.1. The van der Waals surface area contributed by atoms with E-state index >= 15 is 0 Å². The fourth-order valence-electron chi connectivity index (χ4n) is 3.40. The summed E-state index contributed by atoms with van der Waals surface area (Å²) in [5.41, 5.74) is 4.19. The largest absolute Gasteiger partial charge is 0.343 e. The third-order valence-electron chi connectivity index (χ3n) is 4.93. The van der Waals surface area contributed by atoms with E-state index in [1.165, 1.54) is 0 Å². The van der Waals surface area contributed by atoms with Crippen LogP contribution < -0.4 is 10.8 Å². The van der Waals surface area contributed by atoms with Gasteiger partial charge in [-0.1, -0.05) is 51.1 Å². The number of rotatable bonds is 4. The third kappa shape index (κ3) is 3.77. The summed E-state index contributed by atoms with van der Waals surface area (Å²) in [6.07, 6.45) is 0. The Kier molecular flexibility index (Phi) is 5.25. The number of hydrogen-bond acceptors (Lipinski definition) is 3. The smallest absolute Gasteiger partial charge is 0.274 e. The van der Waals surface area contributed by atoms with Crippen LogP contribution in [-0.2, 0) is 7.05 Å². The highest BCUT2D eigenvalue weighted by Crippen LogP contribution is 2.33. The van der Waals surface area contributed by atoms with E-state index in [1.54, 1.807) is 29.7 Å². The molecule has 6 heteroatoms. The van der Waals surface area contributed by atoms with Gasteiger partial charge in [-0.05, 0) is 35.2 Å². The van der Waals surface area contributed by atoms with Crippen molar-refractivity contribution in [1.82, 2.24) is 15.4 Å². The molecule has 3 N–H and O–H groups in total. The van der Waals surface area contributed by atoms with Crippen LogP contribution in [-0.4, -0.2) is 21.6 Å². The summed E-state index contributed by atoms with van der Waals surface area (Å²) in [6.45, 7) is 6.15. The van der Waals surface area contributed by atoms with Crippen LogP contribution in [0.3, 0.4) is 0 Å². The van der Waals surface area contributed by atoms with E-state index in [0.717, 1.165) is 16.5 Å². The van der Waals surface area contributed by atoms with Crippen molar-refractivity contribution in [3.8, 4) is 0 Å². The second-order valence-electron chi connectivity index (χ2n) is 7.98. The van der Waals surface area contributed by atoms with Gasteiger partial charge in [-0.3, -0.25) is 14.8 Å². The van der Waals surface area contributed by atoms with E-state index < -0.39 is 5.91 Å². The van der Waals surface area contributed by atoms with Gasteiger partial charge in [0.05, 0.1) is 6.04 Å². The minimum atomic E-state index is -0.571. The molecule has 0 aliphatic heterocycles. The van der Waals surface area contributed by atoms with Crippen molar-refractivity contribution in [2.24, 2.45) is 12.5 Å². The molecule has 3 aromatic rings. The molecule has 0 aliphatic carbocycles. The molecule has 0 unspecified atom stereocenters. The van der Waals surface area contributed by atoms with Crippen molar-refractivity contribution >= 4 is 22.7 Å². The first-order chi connectivity index (χ1) is 13.2. The van der Waals surface area contributed by atoms with Gasteiger partial charge in [0.1, 0.15) is 5.69 Å². The first-order valence-corrected chi connectivity index (χ1v) is 9.12. The molecule has 1 heterocycles. The molecule has 1 aromatic heterocycles.